The van der Waals surface area contributed by atoms with Gasteiger partial charge in [0.25, 0.3) is 5.91 Å². The monoisotopic (exact) mass is 455 g/mol. The van der Waals surface area contributed by atoms with Gasteiger partial charge in [0.1, 0.15) is 21.4 Å². The lowest BCUT2D eigenvalue weighted by atomic mass is 10.1. The third-order valence-electron chi connectivity index (χ3n) is 4.46. The molecule has 0 saturated carbocycles. The topological polar surface area (TPSA) is 79.4 Å². The molecule has 152 valence electrons. The van der Waals surface area contributed by atoms with E-state index in [0.717, 1.165) is 47.6 Å². The van der Waals surface area contributed by atoms with Crippen LogP contribution in [0.4, 0.5) is 13.9 Å². The van der Waals surface area contributed by atoms with Crippen molar-refractivity contribution in [2.75, 3.05) is 18.4 Å². The van der Waals surface area contributed by atoms with Crippen LogP contribution in [-0.2, 0) is 10.0 Å². The second kappa shape index (κ2) is 7.90. The number of halogens is 2. The van der Waals surface area contributed by atoms with Gasteiger partial charge in [-0.3, -0.25) is 10.1 Å². The number of amides is 1. The highest BCUT2D eigenvalue weighted by atomic mass is 32.2. The quantitative estimate of drug-likeness (QED) is 0.626. The van der Waals surface area contributed by atoms with E-state index in [0.29, 0.717) is 13.1 Å². The number of anilines is 1. The van der Waals surface area contributed by atoms with Gasteiger partial charge in [0, 0.05) is 18.5 Å². The second-order valence-corrected chi connectivity index (χ2v) is 9.99. The van der Waals surface area contributed by atoms with E-state index in [1.165, 1.54) is 21.8 Å². The van der Waals surface area contributed by atoms with Gasteiger partial charge >= 0.3 is 0 Å². The van der Waals surface area contributed by atoms with Crippen molar-refractivity contribution in [2.45, 2.75) is 17.7 Å². The zero-order valence-corrected chi connectivity index (χ0v) is 17.3. The number of thiazole rings is 1. The van der Waals surface area contributed by atoms with Gasteiger partial charge in [-0.05, 0) is 36.4 Å². The van der Waals surface area contributed by atoms with Gasteiger partial charge in [-0.15, -0.1) is 22.7 Å². The lowest BCUT2D eigenvalue weighted by Gasteiger charge is -2.15. The van der Waals surface area contributed by atoms with Crippen molar-refractivity contribution in [3.8, 4) is 11.3 Å². The number of thiophene rings is 1. The van der Waals surface area contributed by atoms with Crippen LogP contribution in [0.15, 0.2) is 39.9 Å². The van der Waals surface area contributed by atoms with Gasteiger partial charge < -0.3 is 0 Å². The van der Waals surface area contributed by atoms with Crippen molar-refractivity contribution < 1.29 is 22.0 Å². The lowest BCUT2D eigenvalue weighted by molar-refractivity contribution is 0.102. The number of nitrogens with one attached hydrogen (secondary N) is 1. The van der Waals surface area contributed by atoms with Crippen LogP contribution in [0.1, 0.15) is 22.5 Å². The number of carbonyl (C=O) groups excluding carboxylic acids is 1. The van der Waals surface area contributed by atoms with Crippen LogP contribution in [0.5, 0.6) is 0 Å². The first-order chi connectivity index (χ1) is 13.9. The molecule has 1 aromatic carbocycles. The first-order valence-corrected chi connectivity index (χ1v) is 11.9. The smallest absolute Gasteiger partial charge is 0.268 e. The number of benzene rings is 1. The Balaban J connectivity index is 1.58. The summed E-state index contributed by atoms with van der Waals surface area (Å²) in [4.78, 5) is 16.7. The van der Waals surface area contributed by atoms with Gasteiger partial charge in [-0.1, -0.05) is 6.07 Å². The predicted molar refractivity (Wildman–Crippen MR) is 108 cm³/mol. The largest absolute Gasteiger partial charge is 0.297 e. The molecule has 2 aromatic heterocycles. The Morgan fingerprint density at radius 1 is 1.10 bits per heavy atom. The Kier molecular flexibility index (Phi) is 5.47. The fourth-order valence-electron chi connectivity index (χ4n) is 3.08. The summed E-state index contributed by atoms with van der Waals surface area (Å²) >= 11 is 2.00. The van der Waals surface area contributed by atoms with E-state index in [9.17, 15) is 22.0 Å². The molecule has 1 aliphatic heterocycles. The van der Waals surface area contributed by atoms with Crippen LogP contribution in [0.3, 0.4) is 0 Å². The van der Waals surface area contributed by atoms with Crippen LogP contribution in [0, 0.1) is 11.6 Å². The number of nitrogens with zero attached hydrogens (tertiary/aromatic N) is 2. The van der Waals surface area contributed by atoms with Gasteiger partial charge in [-0.25, -0.2) is 22.2 Å². The van der Waals surface area contributed by atoms with Crippen molar-refractivity contribution in [1.29, 1.82) is 0 Å². The molecule has 29 heavy (non-hydrogen) atoms. The molecule has 4 rings (SSSR count). The molecule has 0 unspecified atom stereocenters. The SMILES string of the molecule is O=C(Nc1nc(-c2c(F)cccc2F)cs1)c1sccc1S(=O)(=O)N1CCCC1. The molecule has 1 aliphatic rings. The van der Waals surface area contributed by atoms with Crippen LogP contribution >= 0.6 is 22.7 Å². The van der Waals surface area contributed by atoms with Gasteiger partial charge in [0.05, 0.1) is 11.3 Å². The Morgan fingerprint density at radius 2 is 1.79 bits per heavy atom. The molecule has 11 heteroatoms. The third-order valence-corrected chi connectivity index (χ3v) is 8.20. The first-order valence-electron chi connectivity index (χ1n) is 8.67. The fourth-order valence-corrected chi connectivity index (χ4v) is 6.59. The fraction of sp³-hybridized carbons (Fsp3) is 0.222. The van der Waals surface area contributed by atoms with Gasteiger partial charge in [0.2, 0.25) is 10.0 Å². The predicted octanol–water partition coefficient (Wildman–Crippen LogP) is 4.19. The van der Waals surface area contributed by atoms with Crippen LogP contribution < -0.4 is 5.32 Å². The summed E-state index contributed by atoms with van der Waals surface area (Å²) in [5.74, 6) is -2.15. The molecule has 6 nitrogen and oxygen atoms in total. The van der Waals surface area contributed by atoms with Crippen molar-refractivity contribution in [2.24, 2.45) is 0 Å². The number of sulfonamides is 1. The Hall–Kier alpha value is -2.21. The standard InChI is InChI=1S/C18H15F2N3O3S3/c19-11-4-3-5-12(20)15(11)13-10-28-18(21-13)22-17(24)16-14(6-9-27-16)29(25,26)23-7-1-2-8-23/h3-6,9-10H,1-2,7-8H2,(H,21,22,24). The third kappa shape index (κ3) is 3.82. The normalized spacial score (nSPS) is 15.0. The highest BCUT2D eigenvalue weighted by Crippen LogP contribution is 2.31. The number of hydrogen-bond acceptors (Lipinski definition) is 6. The number of hydrogen-bond donors (Lipinski definition) is 1. The van der Waals surface area contributed by atoms with Gasteiger partial charge in [0.15, 0.2) is 5.13 Å². The van der Waals surface area contributed by atoms with E-state index in [1.54, 1.807) is 5.38 Å². The maximum Gasteiger partial charge on any atom is 0.268 e. The molecule has 0 spiro atoms. The minimum atomic E-state index is -3.75. The summed E-state index contributed by atoms with van der Waals surface area (Å²) in [6.07, 6.45) is 1.58. The molecule has 1 N–H and O–H groups in total. The molecule has 0 radical (unpaired) electrons. The molecule has 1 saturated heterocycles. The molecule has 3 heterocycles. The van der Waals surface area contributed by atoms with E-state index in [4.69, 9.17) is 0 Å². The molecule has 0 atom stereocenters. The zero-order chi connectivity index (χ0) is 20.6. The molecule has 3 aromatic rings. The average molecular weight is 456 g/mol. The van der Waals surface area contributed by atoms with Crippen LogP contribution in [-0.4, -0.2) is 36.7 Å². The first kappa shape index (κ1) is 20.1. The van der Waals surface area contributed by atoms with Gasteiger partial charge in [-0.2, -0.15) is 4.31 Å². The van der Waals surface area contributed by atoms with E-state index in [2.05, 4.69) is 10.3 Å². The summed E-state index contributed by atoms with van der Waals surface area (Å²) in [7, 11) is -3.75. The molecule has 1 fully saturated rings. The zero-order valence-electron chi connectivity index (χ0n) is 14.9. The highest BCUT2D eigenvalue weighted by molar-refractivity contribution is 7.89. The molecule has 0 bridgehead atoms. The number of carbonyl (C=O) groups is 1. The van der Waals surface area contributed by atoms with Crippen LogP contribution in [0.25, 0.3) is 11.3 Å². The van der Waals surface area contributed by atoms with Crippen molar-refractivity contribution in [3.63, 3.8) is 0 Å². The lowest BCUT2D eigenvalue weighted by Crippen LogP contribution is -2.29. The minimum Gasteiger partial charge on any atom is -0.297 e. The Morgan fingerprint density at radius 3 is 2.48 bits per heavy atom. The summed E-state index contributed by atoms with van der Waals surface area (Å²) < 4.78 is 54.8. The average Bonchev–Trinajstić information content (AvgIpc) is 3.43. The molecule has 1 amide bonds. The van der Waals surface area contributed by atoms with Crippen molar-refractivity contribution >= 4 is 43.7 Å². The molecular weight excluding hydrogens is 440 g/mol. The maximum absolute atomic E-state index is 13.9. The van der Waals surface area contributed by atoms with Crippen molar-refractivity contribution in [3.05, 3.63) is 51.5 Å². The van der Waals surface area contributed by atoms with E-state index in [1.807, 2.05) is 0 Å². The molecular formula is C18H15F2N3O3S3. The summed E-state index contributed by atoms with van der Waals surface area (Å²) in [6.45, 7) is 0.868. The van der Waals surface area contributed by atoms with E-state index in [-0.39, 0.29) is 26.2 Å². The van der Waals surface area contributed by atoms with Crippen molar-refractivity contribution in [1.82, 2.24) is 9.29 Å². The van der Waals surface area contributed by atoms with E-state index >= 15 is 0 Å². The maximum atomic E-state index is 13.9. The summed E-state index contributed by atoms with van der Waals surface area (Å²) in [5.41, 5.74) is -0.227. The minimum absolute atomic E-state index is 0.0428. The molecule has 0 aliphatic carbocycles. The summed E-state index contributed by atoms with van der Waals surface area (Å²) in [6, 6.07) is 4.91. The number of aromatic nitrogens is 1. The van der Waals surface area contributed by atoms with E-state index < -0.39 is 27.6 Å². The second-order valence-electron chi connectivity index (χ2n) is 6.31. The number of rotatable bonds is 5. The van der Waals surface area contributed by atoms with Crippen LogP contribution in [0.2, 0.25) is 0 Å². The Bertz CT molecular complexity index is 1150. The summed E-state index contributed by atoms with van der Waals surface area (Å²) in [5, 5.41) is 5.61. The highest BCUT2D eigenvalue weighted by Gasteiger charge is 2.32. The Labute approximate surface area is 173 Å².